The highest BCUT2D eigenvalue weighted by Gasteiger charge is 2.39. The third-order valence-corrected chi connectivity index (χ3v) is 8.00. The summed E-state index contributed by atoms with van der Waals surface area (Å²) in [5.41, 5.74) is 0.852. The molecule has 1 aliphatic heterocycles. The van der Waals surface area contributed by atoms with Crippen molar-refractivity contribution in [3.05, 3.63) is 41.3 Å². The summed E-state index contributed by atoms with van der Waals surface area (Å²) < 4.78 is 38.2. The predicted octanol–water partition coefficient (Wildman–Crippen LogP) is 3.02. The fourth-order valence-electron chi connectivity index (χ4n) is 3.28. The molecule has 0 aliphatic carbocycles. The number of nitrogens with one attached hydrogen (secondary N) is 1. The summed E-state index contributed by atoms with van der Waals surface area (Å²) in [4.78, 5) is 12.7. The van der Waals surface area contributed by atoms with Crippen molar-refractivity contribution in [3.8, 4) is 11.5 Å². The molecule has 0 bridgehead atoms. The highest BCUT2D eigenvalue weighted by Crippen LogP contribution is 2.30. The first-order chi connectivity index (χ1) is 14.0. The van der Waals surface area contributed by atoms with Crippen LogP contribution in [0.3, 0.4) is 0 Å². The van der Waals surface area contributed by atoms with Gasteiger partial charge in [0.2, 0.25) is 5.91 Å². The lowest BCUT2D eigenvalue weighted by Crippen LogP contribution is -2.45. The lowest BCUT2D eigenvalue weighted by Gasteiger charge is -2.22. The smallest absolute Gasteiger partial charge is 0.253 e. The van der Waals surface area contributed by atoms with Crippen molar-refractivity contribution in [3.63, 3.8) is 0 Å². The molecule has 29 heavy (non-hydrogen) atoms. The summed E-state index contributed by atoms with van der Waals surface area (Å²) in [6.07, 6.45) is 2.08. The molecule has 158 valence electrons. The summed E-state index contributed by atoms with van der Waals surface area (Å²) >= 11 is 1.16. The minimum absolute atomic E-state index is 0.268. The molecule has 1 aliphatic rings. The van der Waals surface area contributed by atoms with Crippen LogP contribution in [0.25, 0.3) is 0 Å². The van der Waals surface area contributed by atoms with Crippen molar-refractivity contribution in [1.82, 2.24) is 9.62 Å². The fourth-order valence-corrected chi connectivity index (χ4v) is 6.05. The zero-order valence-electron chi connectivity index (χ0n) is 16.6. The van der Waals surface area contributed by atoms with E-state index in [1.54, 1.807) is 24.6 Å². The zero-order valence-corrected chi connectivity index (χ0v) is 18.2. The van der Waals surface area contributed by atoms with Crippen molar-refractivity contribution >= 4 is 27.3 Å². The van der Waals surface area contributed by atoms with Gasteiger partial charge < -0.3 is 14.8 Å². The van der Waals surface area contributed by atoms with Crippen LogP contribution in [0.15, 0.2) is 39.9 Å². The van der Waals surface area contributed by atoms with E-state index in [1.165, 1.54) is 4.31 Å². The molecule has 1 fully saturated rings. The number of hydrogen-bond donors (Lipinski definition) is 1. The van der Waals surface area contributed by atoms with Gasteiger partial charge in [-0.25, -0.2) is 8.42 Å². The number of amides is 1. The third kappa shape index (κ3) is 4.91. The van der Waals surface area contributed by atoms with Crippen molar-refractivity contribution in [2.75, 3.05) is 20.3 Å². The van der Waals surface area contributed by atoms with Gasteiger partial charge in [-0.15, -0.1) is 11.3 Å². The van der Waals surface area contributed by atoms with Crippen molar-refractivity contribution in [2.24, 2.45) is 0 Å². The van der Waals surface area contributed by atoms with Gasteiger partial charge in [-0.1, -0.05) is 19.1 Å². The Morgan fingerprint density at radius 2 is 2.14 bits per heavy atom. The molecule has 0 spiro atoms. The molecule has 2 aromatic rings. The number of thiophene rings is 1. The Balaban J connectivity index is 1.66. The second-order valence-electron chi connectivity index (χ2n) is 6.76. The van der Waals surface area contributed by atoms with E-state index < -0.39 is 16.1 Å². The van der Waals surface area contributed by atoms with Crippen molar-refractivity contribution in [2.45, 2.75) is 43.0 Å². The molecule has 1 aromatic heterocycles. The number of rotatable bonds is 9. The van der Waals surface area contributed by atoms with E-state index in [0.29, 0.717) is 37.5 Å². The molecule has 1 amide bonds. The number of nitrogens with zero attached hydrogens (tertiary/aromatic N) is 1. The largest absolute Gasteiger partial charge is 0.493 e. The quantitative estimate of drug-likeness (QED) is 0.651. The maximum absolute atomic E-state index is 12.8. The monoisotopic (exact) mass is 438 g/mol. The number of benzene rings is 1. The molecule has 0 radical (unpaired) electrons. The predicted molar refractivity (Wildman–Crippen MR) is 112 cm³/mol. The van der Waals surface area contributed by atoms with Gasteiger partial charge in [0.15, 0.2) is 11.5 Å². The number of sulfonamides is 1. The van der Waals surface area contributed by atoms with Crippen LogP contribution in [0.1, 0.15) is 31.7 Å². The SMILES string of the molecule is CCCOc1ccc(CNC(=O)[C@@H]2CCCN2S(=O)(=O)c2cccs2)cc1OC. The Morgan fingerprint density at radius 1 is 1.31 bits per heavy atom. The molecule has 1 saturated heterocycles. The number of ether oxygens (including phenoxy) is 2. The number of hydrogen-bond acceptors (Lipinski definition) is 6. The average Bonchev–Trinajstić information content (AvgIpc) is 3.43. The first kappa shape index (κ1) is 21.6. The van der Waals surface area contributed by atoms with E-state index in [0.717, 1.165) is 23.3 Å². The van der Waals surface area contributed by atoms with Gasteiger partial charge in [0.05, 0.1) is 13.7 Å². The van der Waals surface area contributed by atoms with E-state index in [-0.39, 0.29) is 16.7 Å². The molecule has 0 unspecified atom stereocenters. The Morgan fingerprint density at radius 3 is 2.83 bits per heavy atom. The lowest BCUT2D eigenvalue weighted by atomic mass is 10.1. The standard InChI is InChI=1S/C20H26N2O5S2/c1-3-11-27-17-9-8-15(13-18(17)26-2)14-21-20(23)16-6-4-10-22(16)29(24,25)19-7-5-12-28-19/h5,7-9,12-13,16H,3-4,6,10-11,14H2,1-2H3,(H,21,23)/t16-/m0/s1. The van der Waals surface area contributed by atoms with Crippen molar-refractivity contribution in [1.29, 1.82) is 0 Å². The average molecular weight is 439 g/mol. The lowest BCUT2D eigenvalue weighted by molar-refractivity contribution is -0.124. The Bertz CT molecular complexity index is 928. The summed E-state index contributed by atoms with van der Waals surface area (Å²) in [7, 11) is -2.07. The van der Waals surface area contributed by atoms with Crippen LogP contribution in [0.4, 0.5) is 0 Å². The first-order valence-electron chi connectivity index (χ1n) is 9.60. The second-order valence-corrected chi connectivity index (χ2v) is 9.82. The van der Waals surface area contributed by atoms with Crippen LogP contribution < -0.4 is 14.8 Å². The number of methoxy groups -OCH3 is 1. The maximum atomic E-state index is 12.8. The normalized spacial score (nSPS) is 17.2. The summed E-state index contributed by atoms with van der Waals surface area (Å²) in [5.74, 6) is 0.981. The summed E-state index contributed by atoms with van der Waals surface area (Å²) in [6.45, 7) is 3.27. The topological polar surface area (TPSA) is 84.9 Å². The Hall–Kier alpha value is -2.10. The zero-order chi connectivity index (χ0) is 20.9. The molecule has 9 heteroatoms. The molecule has 1 aromatic carbocycles. The van der Waals surface area contributed by atoms with Crippen LogP contribution in [0.2, 0.25) is 0 Å². The van der Waals surface area contributed by atoms with Crippen LogP contribution in [0, 0.1) is 0 Å². The van der Waals surface area contributed by atoms with Crippen molar-refractivity contribution < 1.29 is 22.7 Å². The highest BCUT2D eigenvalue weighted by atomic mass is 32.2. The van der Waals surface area contributed by atoms with Gasteiger partial charge in [-0.2, -0.15) is 4.31 Å². The van der Waals surface area contributed by atoms with Gasteiger partial charge in [0, 0.05) is 13.1 Å². The van der Waals surface area contributed by atoms with Gasteiger partial charge >= 0.3 is 0 Å². The van der Waals surface area contributed by atoms with E-state index in [9.17, 15) is 13.2 Å². The number of carbonyl (C=O) groups is 1. The molecule has 2 heterocycles. The van der Waals surface area contributed by atoms with Crippen LogP contribution in [-0.4, -0.2) is 44.9 Å². The maximum Gasteiger partial charge on any atom is 0.253 e. The van der Waals surface area contributed by atoms with E-state index in [4.69, 9.17) is 9.47 Å². The van der Waals surface area contributed by atoms with Crippen LogP contribution in [-0.2, 0) is 21.4 Å². The third-order valence-electron chi connectivity index (χ3n) is 4.72. The highest BCUT2D eigenvalue weighted by molar-refractivity contribution is 7.91. The van der Waals surface area contributed by atoms with Gasteiger partial charge in [0.25, 0.3) is 10.0 Å². The molecule has 7 nitrogen and oxygen atoms in total. The Kier molecular flexibility index (Phi) is 7.15. The van der Waals surface area contributed by atoms with E-state index in [2.05, 4.69) is 5.32 Å². The minimum atomic E-state index is -3.64. The molecular formula is C20H26N2O5S2. The van der Waals surface area contributed by atoms with Crippen LogP contribution >= 0.6 is 11.3 Å². The van der Waals surface area contributed by atoms with E-state index >= 15 is 0 Å². The van der Waals surface area contributed by atoms with Crippen LogP contribution in [0.5, 0.6) is 11.5 Å². The van der Waals surface area contributed by atoms with E-state index in [1.807, 2.05) is 25.1 Å². The molecule has 3 rings (SSSR count). The summed E-state index contributed by atoms with van der Waals surface area (Å²) in [5, 5.41) is 4.59. The molecule has 1 N–H and O–H groups in total. The van der Waals surface area contributed by atoms with Gasteiger partial charge in [0.1, 0.15) is 10.3 Å². The second kappa shape index (κ2) is 9.60. The summed E-state index contributed by atoms with van der Waals surface area (Å²) in [6, 6.07) is 8.09. The Labute approximate surface area is 175 Å². The molecular weight excluding hydrogens is 412 g/mol. The first-order valence-corrected chi connectivity index (χ1v) is 11.9. The number of carbonyl (C=O) groups excluding carboxylic acids is 1. The van der Waals surface area contributed by atoms with Gasteiger partial charge in [-0.3, -0.25) is 4.79 Å². The minimum Gasteiger partial charge on any atom is -0.493 e. The molecule has 0 saturated carbocycles. The molecule has 1 atom stereocenters. The van der Waals surface area contributed by atoms with Gasteiger partial charge in [-0.05, 0) is 48.4 Å². The fraction of sp³-hybridized carbons (Fsp3) is 0.450.